The van der Waals surface area contributed by atoms with Gasteiger partial charge < -0.3 is 14.4 Å². The van der Waals surface area contributed by atoms with E-state index < -0.39 is 13.4 Å². The lowest BCUT2D eigenvalue weighted by Gasteiger charge is -2.27. The van der Waals surface area contributed by atoms with Crippen LogP contribution < -0.4 is 5.32 Å². The van der Waals surface area contributed by atoms with Gasteiger partial charge in [-0.1, -0.05) is 41.7 Å². The summed E-state index contributed by atoms with van der Waals surface area (Å²) < 4.78 is 24.5. The summed E-state index contributed by atoms with van der Waals surface area (Å²) in [4.78, 5) is 9.64. The topological polar surface area (TPSA) is 73.3 Å². The molecule has 0 radical (unpaired) electrons. The van der Waals surface area contributed by atoms with Crippen LogP contribution >= 0.6 is 18.9 Å². The van der Waals surface area contributed by atoms with E-state index >= 15 is 0 Å². The summed E-state index contributed by atoms with van der Waals surface area (Å²) in [5, 5.41) is 3.88. The van der Waals surface area contributed by atoms with Gasteiger partial charge in [-0.25, -0.2) is 9.97 Å². The molecular formula is C17H20N3O3PS. The van der Waals surface area contributed by atoms with Gasteiger partial charge in [0, 0.05) is 6.20 Å². The molecule has 0 amide bonds. The zero-order chi connectivity index (χ0) is 17.7. The third-order valence-electron chi connectivity index (χ3n) is 3.48. The Morgan fingerprint density at radius 2 is 1.84 bits per heavy atom. The van der Waals surface area contributed by atoms with E-state index in [1.54, 1.807) is 20.0 Å². The Hall–Kier alpha value is -1.79. The number of hydrogen-bond donors (Lipinski definition) is 1. The molecule has 132 valence electrons. The molecule has 0 saturated heterocycles. The molecule has 1 unspecified atom stereocenters. The molecule has 0 bridgehead atoms. The number of fused-ring (bicyclic) bond motifs is 1. The van der Waals surface area contributed by atoms with Gasteiger partial charge in [0.2, 0.25) is 0 Å². The largest absolute Gasteiger partial charge is 0.357 e. The minimum Gasteiger partial charge on any atom is -0.344 e. The summed E-state index contributed by atoms with van der Waals surface area (Å²) in [6, 6.07) is 13.2. The van der Waals surface area contributed by atoms with Crippen LogP contribution in [0.1, 0.15) is 25.2 Å². The number of hydrogen-bond acceptors (Lipinski definition) is 7. The highest BCUT2D eigenvalue weighted by Gasteiger charge is 2.37. The molecule has 2 aromatic heterocycles. The first-order valence-corrected chi connectivity index (χ1v) is 10.5. The van der Waals surface area contributed by atoms with E-state index in [9.17, 15) is 4.57 Å². The fraction of sp³-hybridized carbons (Fsp3) is 0.294. The predicted octanol–water partition coefficient (Wildman–Crippen LogP) is 5.07. The first-order chi connectivity index (χ1) is 12.2. The molecule has 0 aliphatic carbocycles. The Bertz CT molecular complexity index is 829. The summed E-state index contributed by atoms with van der Waals surface area (Å²) in [6.07, 6.45) is 1.73. The smallest absolute Gasteiger partial charge is 0.344 e. The molecule has 0 spiro atoms. The van der Waals surface area contributed by atoms with Crippen LogP contribution in [-0.4, -0.2) is 23.2 Å². The number of thiazole rings is 1. The van der Waals surface area contributed by atoms with E-state index in [4.69, 9.17) is 9.05 Å². The Morgan fingerprint density at radius 1 is 1.12 bits per heavy atom. The highest BCUT2D eigenvalue weighted by Crippen LogP contribution is 2.60. The number of benzene rings is 1. The Morgan fingerprint density at radius 3 is 2.48 bits per heavy atom. The lowest BCUT2D eigenvalue weighted by Crippen LogP contribution is -2.15. The van der Waals surface area contributed by atoms with Gasteiger partial charge in [0.1, 0.15) is 10.3 Å². The Balaban J connectivity index is 1.99. The summed E-state index contributed by atoms with van der Waals surface area (Å²) in [6.45, 7) is 4.19. The molecule has 0 saturated carbocycles. The minimum absolute atomic E-state index is 0.295. The summed E-state index contributed by atoms with van der Waals surface area (Å²) in [5.74, 6) is -0.644. The van der Waals surface area contributed by atoms with Gasteiger partial charge in [0.05, 0.1) is 13.2 Å². The van der Waals surface area contributed by atoms with Crippen LogP contribution in [0, 0.1) is 0 Å². The summed E-state index contributed by atoms with van der Waals surface area (Å²) in [7, 11) is -3.42. The fourth-order valence-corrected chi connectivity index (χ4v) is 5.31. The van der Waals surface area contributed by atoms with Crippen LogP contribution in [0.3, 0.4) is 0 Å². The maximum atomic E-state index is 13.4. The quantitative estimate of drug-likeness (QED) is 0.553. The van der Waals surface area contributed by atoms with Crippen molar-refractivity contribution in [2.75, 3.05) is 18.5 Å². The van der Waals surface area contributed by atoms with Crippen molar-refractivity contribution in [1.29, 1.82) is 0 Å². The highest BCUT2D eigenvalue weighted by molar-refractivity contribution is 7.54. The molecule has 0 aliphatic heterocycles. The number of nitrogens with one attached hydrogen (secondary N) is 1. The van der Waals surface area contributed by atoms with E-state index in [0.29, 0.717) is 18.3 Å². The standard InChI is InChI=1S/C17H20N3O3PS/c1-3-22-24(21,23-4-2)15(13-9-6-5-7-10-13)20-17-19-14-11-8-12-18-16(14)25-17/h5-12,15H,3-4H2,1-2H3,(H,19,20). The molecule has 25 heavy (non-hydrogen) atoms. The fourth-order valence-electron chi connectivity index (χ4n) is 2.48. The third-order valence-corrected chi connectivity index (χ3v) is 6.68. The van der Waals surface area contributed by atoms with Gasteiger partial charge in [-0.2, -0.15) is 0 Å². The lowest BCUT2D eigenvalue weighted by atomic mass is 10.2. The van der Waals surface area contributed by atoms with Gasteiger partial charge in [-0.3, -0.25) is 4.57 Å². The van der Waals surface area contributed by atoms with Crippen molar-refractivity contribution in [2.45, 2.75) is 19.6 Å². The van der Waals surface area contributed by atoms with Gasteiger partial charge in [0.25, 0.3) is 0 Å². The number of anilines is 1. The first-order valence-electron chi connectivity index (χ1n) is 8.08. The van der Waals surface area contributed by atoms with Crippen molar-refractivity contribution in [3.05, 3.63) is 54.2 Å². The molecule has 8 heteroatoms. The van der Waals surface area contributed by atoms with Crippen LogP contribution in [-0.2, 0) is 13.6 Å². The molecule has 1 aromatic carbocycles. The van der Waals surface area contributed by atoms with Crippen LogP contribution in [0.25, 0.3) is 10.3 Å². The normalized spacial score (nSPS) is 13.0. The highest BCUT2D eigenvalue weighted by atomic mass is 32.1. The average Bonchev–Trinajstić information content (AvgIpc) is 3.03. The van der Waals surface area contributed by atoms with Gasteiger partial charge in [-0.15, -0.1) is 0 Å². The van der Waals surface area contributed by atoms with Crippen molar-refractivity contribution >= 4 is 34.4 Å². The van der Waals surface area contributed by atoms with Crippen molar-refractivity contribution in [1.82, 2.24) is 9.97 Å². The maximum Gasteiger partial charge on any atom is 0.357 e. The minimum atomic E-state index is -3.42. The summed E-state index contributed by atoms with van der Waals surface area (Å²) >= 11 is 1.41. The second-order valence-electron chi connectivity index (χ2n) is 5.18. The van der Waals surface area contributed by atoms with Gasteiger partial charge in [0.15, 0.2) is 10.9 Å². The monoisotopic (exact) mass is 377 g/mol. The molecule has 3 rings (SSSR count). The lowest BCUT2D eigenvalue weighted by molar-refractivity contribution is 0.214. The number of pyridine rings is 1. The van der Waals surface area contributed by atoms with Gasteiger partial charge in [-0.05, 0) is 31.5 Å². The zero-order valence-corrected chi connectivity index (χ0v) is 15.8. The van der Waals surface area contributed by atoms with E-state index in [2.05, 4.69) is 15.3 Å². The number of aromatic nitrogens is 2. The zero-order valence-electron chi connectivity index (χ0n) is 14.1. The molecule has 0 aliphatic rings. The summed E-state index contributed by atoms with van der Waals surface area (Å²) in [5.41, 5.74) is 1.62. The van der Waals surface area contributed by atoms with Crippen LogP contribution in [0.5, 0.6) is 0 Å². The van der Waals surface area contributed by atoms with E-state index in [1.807, 2.05) is 42.5 Å². The van der Waals surface area contributed by atoms with Crippen LogP contribution in [0.15, 0.2) is 48.7 Å². The first kappa shape index (κ1) is 18.0. The van der Waals surface area contributed by atoms with Crippen molar-refractivity contribution in [3.63, 3.8) is 0 Å². The van der Waals surface area contributed by atoms with E-state index in [-0.39, 0.29) is 0 Å². The third kappa shape index (κ3) is 4.07. The molecular weight excluding hydrogens is 357 g/mol. The van der Waals surface area contributed by atoms with Crippen LogP contribution in [0.4, 0.5) is 5.13 Å². The molecule has 6 nitrogen and oxygen atoms in total. The average molecular weight is 377 g/mol. The molecule has 1 N–H and O–H groups in total. The molecule has 0 fully saturated rings. The van der Waals surface area contributed by atoms with Gasteiger partial charge >= 0.3 is 7.60 Å². The molecule has 3 aromatic rings. The Labute approximate surface area is 150 Å². The number of rotatable bonds is 8. The van der Waals surface area contributed by atoms with E-state index in [0.717, 1.165) is 15.9 Å². The Kier molecular flexibility index (Phi) is 5.81. The SMILES string of the molecule is CCOP(=O)(OCC)C(Nc1nc2cccnc2s1)c1ccccc1. The molecule has 2 heterocycles. The second kappa shape index (κ2) is 8.06. The predicted molar refractivity (Wildman–Crippen MR) is 101 cm³/mol. The van der Waals surface area contributed by atoms with Crippen LogP contribution in [0.2, 0.25) is 0 Å². The van der Waals surface area contributed by atoms with Crippen molar-refractivity contribution in [2.24, 2.45) is 0 Å². The molecule has 1 atom stereocenters. The second-order valence-corrected chi connectivity index (χ2v) is 8.27. The van der Waals surface area contributed by atoms with E-state index in [1.165, 1.54) is 11.3 Å². The van der Waals surface area contributed by atoms with Crippen molar-refractivity contribution in [3.8, 4) is 0 Å². The number of nitrogens with zero attached hydrogens (tertiary/aromatic N) is 2. The van der Waals surface area contributed by atoms with Crippen molar-refractivity contribution < 1.29 is 13.6 Å². The maximum absolute atomic E-state index is 13.4.